The minimum Gasteiger partial charge on any atom is -0.371 e. The maximum atomic E-state index is 14.1. The number of para-hydroxylation sites is 1. The largest absolute Gasteiger partial charge is 0.371 e. The monoisotopic (exact) mass is 369 g/mol. The highest BCUT2D eigenvalue weighted by Crippen LogP contribution is 2.43. The molecule has 9 nitrogen and oxygen atoms in total. The third kappa shape index (κ3) is 2.19. The van der Waals surface area contributed by atoms with Gasteiger partial charge in [-0.3, -0.25) is 4.57 Å². The van der Waals surface area contributed by atoms with E-state index in [-0.39, 0.29) is 12.6 Å². The van der Waals surface area contributed by atoms with Crippen molar-refractivity contribution in [3.05, 3.63) is 36.3 Å². The van der Waals surface area contributed by atoms with Crippen molar-refractivity contribution in [2.75, 3.05) is 18.7 Å². The molecular weight excluding hydrogens is 353 g/mol. The van der Waals surface area contributed by atoms with E-state index in [0.29, 0.717) is 28.4 Å². The van der Waals surface area contributed by atoms with E-state index in [1.54, 1.807) is 11.7 Å². The molecule has 27 heavy (non-hydrogen) atoms. The number of hydrogen-bond acceptors (Lipinski definition) is 8. The van der Waals surface area contributed by atoms with Crippen LogP contribution in [0.5, 0.6) is 0 Å². The third-order valence-electron chi connectivity index (χ3n) is 4.80. The zero-order chi connectivity index (χ0) is 18.8. The van der Waals surface area contributed by atoms with Crippen LogP contribution in [0.4, 0.5) is 10.2 Å². The predicted octanol–water partition coefficient (Wildman–Crippen LogP) is 2.61. The van der Waals surface area contributed by atoms with Crippen molar-refractivity contribution in [1.82, 2.24) is 30.0 Å². The van der Waals surface area contributed by atoms with E-state index in [0.717, 1.165) is 11.3 Å². The summed E-state index contributed by atoms with van der Waals surface area (Å²) in [6.07, 6.45) is 1.39. The molecule has 10 heteroatoms. The number of anilines is 1. The van der Waals surface area contributed by atoms with Gasteiger partial charge in [-0.1, -0.05) is 21.8 Å². The SMILES string of the molecule is COC(C)(C)c1noc(-c2nnc3n2C2=CN(F)CN2c2ccccc2-3)n1. The van der Waals surface area contributed by atoms with Gasteiger partial charge >= 0.3 is 0 Å². The Morgan fingerprint density at radius 2 is 1.96 bits per heavy atom. The molecule has 0 atom stereocenters. The van der Waals surface area contributed by atoms with Crippen molar-refractivity contribution in [1.29, 1.82) is 0 Å². The summed E-state index contributed by atoms with van der Waals surface area (Å²) in [7, 11) is 1.57. The smallest absolute Gasteiger partial charge is 0.296 e. The first-order valence-corrected chi connectivity index (χ1v) is 8.36. The Morgan fingerprint density at radius 1 is 1.19 bits per heavy atom. The summed E-state index contributed by atoms with van der Waals surface area (Å²) in [5, 5.41) is 13.1. The molecule has 2 aromatic heterocycles. The van der Waals surface area contributed by atoms with E-state index in [4.69, 9.17) is 9.26 Å². The molecule has 1 aromatic carbocycles. The Morgan fingerprint density at radius 3 is 2.78 bits per heavy atom. The predicted molar refractivity (Wildman–Crippen MR) is 93.4 cm³/mol. The fourth-order valence-electron chi connectivity index (χ4n) is 3.18. The average molecular weight is 369 g/mol. The second-order valence-corrected chi connectivity index (χ2v) is 6.79. The van der Waals surface area contributed by atoms with Gasteiger partial charge in [0.25, 0.3) is 5.89 Å². The fraction of sp³-hybridized carbons (Fsp3) is 0.294. The average Bonchev–Trinajstić information content (AvgIpc) is 3.38. The molecule has 0 saturated carbocycles. The highest BCUT2D eigenvalue weighted by atomic mass is 19.2. The Labute approximate surface area is 153 Å². The Kier molecular flexibility index (Phi) is 3.17. The van der Waals surface area contributed by atoms with Crippen molar-refractivity contribution < 1.29 is 13.7 Å². The molecule has 2 aliphatic heterocycles. The van der Waals surface area contributed by atoms with Crippen molar-refractivity contribution in [3.63, 3.8) is 0 Å². The number of aromatic nitrogens is 5. The standard InChI is InChI=1S/C17H16FN7O2/c1-17(2,26-3)16-19-15(27-22-16)14-21-20-13-10-6-4-5-7-11(10)24-9-23(18)8-12(24)25(13)14/h4-8H,9H2,1-3H3. The molecule has 0 aliphatic carbocycles. The lowest BCUT2D eigenvalue weighted by atomic mass is 10.1. The second-order valence-electron chi connectivity index (χ2n) is 6.79. The first kappa shape index (κ1) is 15.9. The molecular formula is C17H16FN7O2. The first-order valence-electron chi connectivity index (χ1n) is 8.36. The van der Waals surface area contributed by atoms with E-state index in [9.17, 15) is 4.48 Å². The van der Waals surface area contributed by atoms with Crippen LogP contribution in [0.25, 0.3) is 28.9 Å². The molecule has 0 fully saturated rings. The molecule has 5 rings (SSSR count). The number of fused-ring (bicyclic) bond motifs is 6. The van der Waals surface area contributed by atoms with Gasteiger partial charge in [0.1, 0.15) is 18.1 Å². The number of hydrogen-bond donors (Lipinski definition) is 0. The van der Waals surface area contributed by atoms with Crippen LogP contribution >= 0.6 is 0 Å². The molecule has 3 aromatic rings. The van der Waals surface area contributed by atoms with E-state index in [1.807, 2.05) is 43.0 Å². The normalized spacial score (nSPS) is 15.5. The maximum Gasteiger partial charge on any atom is 0.296 e. The summed E-state index contributed by atoms with van der Waals surface area (Å²) in [4.78, 5) is 6.25. The van der Waals surface area contributed by atoms with Crippen LogP contribution in [0, 0.1) is 0 Å². The zero-order valence-electron chi connectivity index (χ0n) is 14.9. The lowest BCUT2D eigenvalue weighted by molar-refractivity contribution is 0.00973. The van der Waals surface area contributed by atoms with Crippen molar-refractivity contribution in [2.24, 2.45) is 0 Å². The minimum absolute atomic E-state index is 0.0786. The lowest BCUT2D eigenvalue weighted by Crippen LogP contribution is -2.28. The van der Waals surface area contributed by atoms with Crippen LogP contribution in [0.15, 0.2) is 35.0 Å². The van der Waals surface area contributed by atoms with Crippen LogP contribution in [0.3, 0.4) is 0 Å². The Bertz CT molecular complexity index is 1070. The summed E-state index contributed by atoms with van der Waals surface area (Å²) >= 11 is 0. The van der Waals surface area contributed by atoms with Gasteiger partial charge in [0.15, 0.2) is 5.82 Å². The van der Waals surface area contributed by atoms with E-state index in [2.05, 4.69) is 20.3 Å². The van der Waals surface area contributed by atoms with Crippen LogP contribution in [-0.4, -0.2) is 43.8 Å². The number of halogens is 1. The molecule has 0 saturated heterocycles. The van der Waals surface area contributed by atoms with Gasteiger partial charge in [-0.05, 0) is 26.0 Å². The summed E-state index contributed by atoms with van der Waals surface area (Å²) in [5.74, 6) is 2.09. The number of nitrogens with zero attached hydrogens (tertiary/aromatic N) is 7. The topological polar surface area (TPSA) is 85.3 Å². The van der Waals surface area contributed by atoms with Crippen LogP contribution in [0.2, 0.25) is 0 Å². The summed E-state index contributed by atoms with van der Waals surface area (Å²) in [6.45, 7) is 3.74. The number of benzene rings is 1. The molecule has 138 valence electrons. The van der Waals surface area contributed by atoms with Crippen molar-refractivity contribution in [2.45, 2.75) is 19.4 Å². The van der Waals surface area contributed by atoms with Crippen molar-refractivity contribution >= 4 is 11.5 Å². The lowest BCUT2D eigenvalue weighted by Gasteiger charge is -2.29. The van der Waals surface area contributed by atoms with Crippen LogP contribution in [-0.2, 0) is 10.3 Å². The second kappa shape index (κ2) is 5.36. The summed E-state index contributed by atoms with van der Waals surface area (Å²) < 4.78 is 26.6. The molecule has 0 radical (unpaired) electrons. The van der Waals surface area contributed by atoms with Gasteiger partial charge in [0, 0.05) is 12.7 Å². The quantitative estimate of drug-likeness (QED) is 0.652. The zero-order valence-corrected chi connectivity index (χ0v) is 14.9. The van der Waals surface area contributed by atoms with Gasteiger partial charge in [-0.15, -0.1) is 10.2 Å². The van der Waals surface area contributed by atoms with Crippen LogP contribution < -0.4 is 4.90 Å². The molecule has 4 heterocycles. The molecule has 0 spiro atoms. The Hall–Kier alpha value is -3.27. The molecule has 0 unspecified atom stereocenters. The number of rotatable bonds is 3. The van der Waals surface area contributed by atoms with Crippen molar-refractivity contribution in [3.8, 4) is 23.1 Å². The van der Waals surface area contributed by atoms with E-state index >= 15 is 0 Å². The summed E-state index contributed by atoms with van der Waals surface area (Å²) in [6, 6.07) is 7.65. The fourth-order valence-corrected chi connectivity index (χ4v) is 3.18. The van der Waals surface area contributed by atoms with Gasteiger partial charge < -0.3 is 14.2 Å². The van der Waals surface area contributed by atoms with E-state index in [1.165, 1.54) is 6.20 Å². The first-order chi connectivity index (χ1) is 13.0. The molecule has 0 amide bonds. The van der Waals surface area contributed by atoms with Crippen LogP contribution in [0.1, 0.15) is 19.7 Å². The molecule has 0 bridgehead atoms. The van der Waals surface area contributed by atoms with Gasteiger partial charge in [0.2, 0.25) is 11.6 Å². The van der Waals surface area contributed by atoms with Gasteiger partial charge in [0.05, 0.1) is 11.9 Å². The number of methoxy groups -OCH3 is 1. The Balaban J connectivity index is 1.70. The summed E-state index contributed by atoms with van der Waals surface area (Å²) in [5.41, 5.74) is 0.996. The van der Waals surface area contributed by atoms with Gasteiger partial charge in [-0.2, -0.15) is 10.1 Å². The molecule has 2 aliphatic rings. The minimum atomic E-state index is -0.715. The van der Waals surface area contributed by atoms with Gasteiger partial charge in [-0.25, -0.2) is 0 Å². The highest BCUT2D eigenvalue weighted by molar-refractivity contribution is 5.89. The highest BCUT2D eigenvalue weighted by Gasteiger charge is 2.37. The number of ether oxygens (including phenoxy) is 1. The maximum absolute atomic E-state index is 14.1. The molecule has 0 N–H and O–H groups in total. The van der Waals surface area contributed by atoms with E-state index < -0.39 is 5.60 Å². The third-order valence-corrected chi connectivity index (χ3v) is 4.80.